The Labute approximate surface area is 173 Å². The zero-order chi connectivity index (χ0) is 19.9. The Kier molecular flexibility index (Phi) is 7.28. The molecule has 160 valence electrons. The molecule has 6 nitrogen and oxygen atoms in total. The van der Waals surface area contributed by atoms with Crippen LogP contribution in [0.25, 0.3) is 0 Å². The van der Waals surface area contributed by atoms with Crippen molar-refractivity contribution >= 4 is 5.91 Å². The van der Waals surface area contributed by atoms with Crippen LogP contribution >= 0.6 is 0 Å². The maximum Gasteiger partial charge on any atom is 0.246 e. The van der Waals surface area contributed by atoms with E-state index < -0.39 is 0 Å². The lowest BCUT2D eigenvalue weighted by atomic mass is 9.98. The predicted octanol–water partition coefficient (Wildman–Crippen LogP) is 2.93. The molecular weight excluding hydrogens is 368 g/mol. The van der Waals surface area contributed by atoms with Gasteiger partial charge in [0.25, 0.3) is 0 Å². The number of carbonyl (C=O) groups is 1. The van der Waals surface area contributed by atoms with Crippen LogP contribution in [-0.2, 0) is 16.0 Å². The number of likely N-dealkylation sites (tertiary alicyclic amines) is 1. The molecule has 29 heavy (non-hydrogen) atoms. The molecule has 2 fully saturated rings. The molecule has 0 unspecified atom stereocenters. The van der Waals surface area contributed by atoms with Crippen LogP contribution in [0.4, 0.5) is 0 Å². The molecule has 1 saturated heterocycles. The van der Waals surface area contributed by atoms with Gasteiger partial charge in [-0.25, -0.2) is 0 Å². The number of hydrogen-bond donors (Lipinski definition) is 1. The first-order valence-electron chi connectivity index (χ1n) is 11.3. The Balaban J connectivity index is 1.34. The third-order valence-corrected chi connectivity index (χ3v) is 6.13. The van der Waals surface area contributed by atoms with E-state index in [1.165, 1.54) is 32.1 Å². The van der Waals surface area contributed by atoms with E-state index in [-0.39, 0.29) is 24.7 Å². The van der Waals surface area contributed by atoms with Gasteiger partial charge in [0, 0.05) is 12.6 Å². The highest BCUT2D eigenvalue weighted by molar-refractivity contribution is 5.77. The second kappa shape index (κ2) is 10.3. The van der Waals surface area contributed by atoms with Crippen LogP contribution in [0.1, 0.15) is 50.5 Å². The molecule has 0 spiro atoms. The van der Waals surface area contributed by atoms with E-state index in [4.69, 9.17) is 14.2 Å². The second-order valence-corrected chi connectivity index (χ2v) is 8.53. The van der Waals surface area contributed by atoms with E-state index in [9.17, 15) is 4.79 Å². The van der Waals surface area contributed by atoms with Gasteiger partial charge in [-0.2, -0.15) is 0 Å². The normalized spacial score (nSPS) is 21.1. The van der Waals surface area contributed by atoms with Gasteiger partial charge in [0.05, 0.1) is 6.10 Å². The molecule has 1 aliphatic carbocycles. The van der Waals surface area contributed by atoms with Crippen LogP contribution in [-0.4, -0.2) is 62.4 Å². The fourth-order valence-corrected chi connectivity index (χ4v) is 4.63. The summed E-state index contributed by atoms with van der Waals surface area (Å²) in [7, 11) is 0. The van der Waals surface area contributed by atoms with Gasteiger partial charge in [-0.05, 0) is 62.9 Å². The molecular formula is C23H34N2O4. The van der Waals surface area contributed by atoms with E-state index in [1.807, 2.05) is 6.07 Å². The summed E-state index contributed by atoms with van der Waals surface area (Å²) in [4.78, 5) is 15.0. The summed E-state index contributed by atoms with van der Waals surface area (Å²) in [6.07, 6.45) is 9.42. The van der Waals surface area contributed by atoms with Crippen LogP contribution in [0.15, 0.2) is 18.2 Å². The number of rotatable bonds is 8. The number of hydrogen-bond acceptors (Lipinski definition) is 5. The van der Waals surface area contributed by atoms with Crippen molar-refractivity contribution in [2.24, 2.45) is 0 Å². The SMILES string of the molecule is O=C(COC1CCCCC1)N[C@@H](Cc1ccc2c(c1)OCCO2)CN1CCCC1. The highest BCUT2D eigenvalue weighted by Crippen LogP contribution is 2.31. The van der Waals surface area contributed by atoms with Crippen molar-refractivity contribution < 1.29 is 19.0 Å². The molecule has 1 aromatic rings. The van der Waals surface area contributed by atoms with Gasteiger partial charge in [0.15, 0.2) is 11.5 Å². The molecule has 6 heteroatoms. The van der Waals surface area contributed by atoms with E-state index in [0.29, 0.717) is 13.2 Å². The average Bonchev–Trinajstić information content (AvgIpc) is 3.26. The van der Waals surface area contributed by atoms with Crippen LogP contribution < -0.4 is 14.8 Å². The molecule has 1 N–H and O–H groups in total. The molecule has 1 amide bonds. The number of benzene rings is 1. The number of amides is 1. The maximum atomic E-state index is 12.6. The monoisotopic (exact) mass is 402 g/mol. The maximum absolute atomic E-state index is 12.6. The van der Waals surface area contributed by atoms with Gasteiger partial charge in [0.1, 0.15) is 19.8 Å². The summed E-state index contributed by atoms with van der Waals surface area (Å²) >= 11 is 0. The Morgan fingerprint density at radius 3 is 2.62 bits per heavy atom. The van der Waals surface area contributed by atoms with Crippen LogP contribution in [0, 0.1) is 0 Å². The zero-order valence-electron chi connectivity index (χ0n) is 17.4. The number of ether oxygens (including phenoxy) is 3. The first-order chi connectivity index (χ1) is 14.3. The molecule has 0 radical (unpaired) electrons. The van der Waals surface area contributed by atoms with Crippen molar-refractivity contribution in [1.29, 1.82) is 0 Å². The summed E-state index contributed by atoms with van der Waals surface area (Å²) in [6.45, 7) is 4.47. The molecule has 1 aromatic carbocycles. The summed E-state index contributed by atoms with van der Waals surface area (Å²) < 4.78 is 17.2. The lowest BCUT2D eigenvalue weighted by molar-refractivity contribution is -0.129. The van der Waals surface area contributed by atoms with Crippen molar-refractivity contribution in [3.63, 3.8) is 0 Å². The third kappa shape index (κ3) is 6.09. The van der Waals surface area contributed by atoms with Gasteiger partial charge in [0.2, 0.25) is 5.91 Å². The molecule has 3 aliphatic rings. The van der Waals surface area contributed by atoms with Crippen molar-refractivity contribution in [3.05, 3.63) is 23.8 Å². The smallest absolute Gasteiger partial charge is 0.246 e. The lowest BCUT2D eigenvalue weighted by Crippen LogP contribution is -2.46. The number of carbonyl (C=O) groups excluding carboxylic acids is 1. The Hall–Kier alpha value is -1.79. The minimum Gasteiger partial charge on any atom is -0.486 e. The number of fused-ring (bicyclic) bond motifs is 1. The van der Waals surface area contributed by atoms with E-state index in [0.717, 1.165) is 56.0 Å². The van der Waals surface area contributed by atoms with Crippen LogP contribution in [0.5, 0.6) is 11.5 Å². The van der Waals surface area contributed by atoms with E-state index in [1.54, 1.807) is 0 Å². The standard InChI is InChI=1S/C23H34N2O4/c26-23(17-29-20-6-2-1-3-7-20)24-19(16-25-10-4-5-11-25)14-18-8-9-21-22(15-18)28-13-12-27-21/h8-9,15,19-20H,1-7,10-14,16-17H2,(H,24,26)/t19-/m0/s1. The number of nitrogens with zero attached hydrogens (tertiary/aromatic N) is 1. The summed E-state index contributed by atoms with van der Waals surface area (Å²) in [6, 6.07) is 6.17. The third-order valence-electron chi connectivity index (χ3n) is 6.13. The molecule has 4 rings (SSSR count). The van der Waals surface area contributed by atoms with Crippen LogP contribution in [0.3, 0.4) is 0 Å². The zero-order valence-corrected chi connectivity index (χ0v) is 17.4. The lowest BCUT2D eigenvalue weighted by Gasteiger charge is -2.26. The molecule has 1 atom stereocenters. The van der Waals surface area contributed by atoms with Gasteiger partial charge in [-0.15, -0.1) is 0 Å². The van der Waals surface area contributed by atoms with Crippen LogP contribution in [0.2, 0.25) is 0 Å². The van der Waals surface area contributed by atoms with Gasteiger partial charge in [-0.3, -0.25) is 4.79 Å². The predicted molar refractivity (Wildman–Crippen MR) is 112 cm³/mol. The van der Waals surface area contributed by atoms with E-state index in [2.05, 4.69) is 22.3 Å². The Morgan fingerprint density at radius 1 is 1.07 bits per heavy atom. The first-order valence-corrected chi connectivity index (χ1v) is 11.3. The molecule has 1 saturated carbocycles. The van der Waals surface area contributed by atoms with Gasteiger partial charge >= 0.3 is 0 Å². The van der Waals surface area contributed by atoms with Crippen molar-refractivity contribution in [3.8, 4) is 11.5 Å². The highest BCUT2D eigenvalue weighted by atomic mass is 16.6. The molecule has 2 aliphatic heterocycles. The summed E-state index contributed by atoms with van der Waals surface area (Å²) in [5.74, 6) is 1.61. The van der Waals surface area contributed by atoms with Crippen molar-refractivity contribution in [1.82, 2.24) is 10.2 Å². The topological polar surface area (TPSA) is 60.0 Å². The minimum atomic E-state index is -0.00249. The minimum absolute atomic E-state index is 0.00249. The molecule has 0 bridgehead atoms. The summed E-state index contributed by atoms with van der Waals surface area (Å²) in [5.41, 5.74) is 1.16. The molecule has 2 heterocycles. The largest absolute Gasteiger partial charge is 0.486 e. The Morgan fingerprint density at radius 2 is 1.83 bits per heavy atom. The number of nitrogens with one attached hydrogen (secondary N) is 1. The second-order valence-electron chi connectivity index (χ2n) is 8.53. The highest BCUT2D eigenvalue weighted by Gasteiger charge is 2.22. The van der Waals surface area contributed by atoms with E-state index >= 15 is 0 Å². The van der Waals surface area contributed by atoms with Gasteiger partial charge in [-0.1, -0.05) is 25.3 Å². The quantitative estimate of drug-likeness (QED) is 0.725. The first kappa shape index (κ1) is 20.5. The van der Waals surface area contributed by atoms with Crippen molar-refractivity contribution in [2.75, 3.05) is 39.5 Å². The average molecular weight is 403 g/mol. The van der Waals surface area contributed by atoms with Crippen molar-refractivity contribution in [2.45, 2.75) is 63.5 Å². The fourth-order valence-electron chi connectivity index (χ4n) is 4.63. The molecule has 0 aromatic heterocycles. The van der Waals surface area contributed by atoms with Gasteiger partial charge < -0.3 is 24.4 Å². The summed E-state index contributed by atoms with van der Waals surface area (Å²) in [5, 5.41) is 3.23. The Bertz CT molecular complexity index is 669. The fraction of sp³-hybridized carbons (Fsp3) is 0.696.